The molecule has 3 aliphatic carbocycles. The number of amides is 3. The Balaban J connectivity index is 1.10. The summed E-state index contributed by atoms with van der Waals surface area (Å²) in [5.74, 6) is 2.26. The SMILES string of the molecule is CCS/C(N)=C1\CN(CC2CCCC2)CN(C2CCC3(CC2)CC2(C3)C(=O)N(C)C(=O)N2CC2COC2)C1. The normalized spacial score (nSPS) is 36.9. The van der Waals surface area contributed by atoms with Crippen LogP contribution >= 0.6 is 11.8 Å². The number of thioether (sulfide) groups is 1. The molecular weight excluding hydrogens is 498 g/mol. The lowest BCUT2D eigenvalue weighted by Gasteiger charge is -2.59. The molecule has 2 N–H and O–H groups in total. The van der Waals surface area contributed by atoms with Gasteiger partial charge in [-0.3, -0.25) is 19.5 Å². The van der Waals surface area contributed by atoms with Crippen LogP contribution in [0.2, 0.25) is 0 Å². The summed E-state index contributed by atoms with van der Waals surface area (Å²) in [6.45, 7) is 8.53. The molecule has 6 rings (SSSR count). The Bertz CT molecular complexity index is 946. The van der Waals surface area contributed by atoms with Gasteiger partial charge < -0.3 is 15.4 Å². The molecule has 0 radical (unpaired) electrons. The van der Waals surface area contributed by atoms with E-state index in [-0.39, 0.29) is 17.4 Å². The summed E-state index contributed by atoms with van der Waals surface area (Å²) in [5.41, 5.74) is 7.60. The van der Waals surface area contributed by atoms with E-state index in [4.69, 9.17) is 10.5 Å². The van der Waals surface area contributed by atoms with Crippen molar-refractivity contribution >= 4 is 23.7 Å². The molecule has 8 nitrogen and oxygen atoms in total. The second-order valence-electron chi connectivity index (χ2n) is 13.2. The van der Waals surface area contributed by atoms with Gasteiger partial charge in [0.25, 0.3) is 5.91 Å². The number of ether oxygens (including phenoxy) is 1. The summed E-state index contributed by atoms with van der Waals surface area (Å²) in [4.78, 5) is 34.9. The van der Waals surface area contributed by atoms with Crippen molar-refractivity contribution in [2.45, 2.75) is 82.7 Å². The number of hydrogen-bond acceptors (Lipinski definition) is 7. The first-order valence-electron chi connectivity index (χ1n) is 15.1. The van der Waals surface area contributed by atoms with E-state index in [1.807, 2.05) is 4.90 Å². The number of likely N-dealkylation sites (N-methyl/N-ethyl adjacent to an activating group) is 1. The van der Waals surface area contributed by atoms with Crippen molar-refractivity contribution in [1.29, 1.82) is 0 Å². The average molecular weight is 546 g/mol. The van der Waals surface area contributed by atoms with E-state index in [9.17, 15) is 9.59 Å². The van der Waals surface area contributed by atoms with E-state index >= 15 is 0 Å². The third-order valence-corrected chi connectivity index (χ3v) is 11.5. The Kier molecular flexibility index (Phi) is 7.51. The number of carbonyl (C=O) groups excluding carboxylic acids is 2. The lowest BCUT2D eigenvalue weighted by atomic mass is 9.51. The van der Waals surface area contributed by atoms with Crippen LogP contribution in [0.3, 0.4) is 0 Å². The highest BCUT2D eigenvalue weighted by molar-refractivity contribution is 8.03. The molecule has 9 heteroatoms. The van der Waals surface area contributed by atoms with Crippen LogP contribution in [-0.4, -0.2) is 102 Å². The number of nitrogens with zero attached hydrogens (tertiary/aromatic N) is 4. The number of hydrogen-bond donors (Lipinski definition) is 1. The Morgan fingerprint density at radius 3 is 2.37 bits per heavy atom. The van der Waals surface area contributed by atoms with E-state index in [2.05, 4.69) is 16.7 Å². The number of carbonyl (C=O) groups is 2. The molecule has 38 heavy (non-hydrogen) atoms. The highest BCUT2D eigenvalue weighted by atomic mass is 32.2. The number of rotatable bonds is 7. The van der Waals surface area contributed by atoms with E-state index < -0.39 is 5.54 Å². The van der Waals surface area contributed by atoms with E-state index in [1.165, 1.54) is 55.5 Å². The van der Waals surface area contributed by atoms with Gasteiger partial charge in [-0.2, -0.15) is 0 Å². The van der Waals surface area contributed by atoms with Gasteiger partial charge in [-0.05, 0) is 74.0 Å². The fraction of sp³-hybridized carbons (Fsp3) is 0.862. The van der Waals surface area contributed by atoms with Gasteiger partial charge in [-0.25, -0.2) is 4.79 Å². The topological polar surface area (TPSA) is 82.3 Å². The van der Waals surface area contributed by atoms with Gasteiger partial charge in [-0.15, -0.1) is 11.8 Å². The van der Waals surface area contributed by atoms with Crippen molar-refractivity contribution < 1.29 is 14.3 Å². The monoisotopic (exact) mass is 545 g/mol. The summed E-state index contributed by atoms with van der Waals surface area (Å²) < 4.78 is 5.36. The molecule has 212 valence electrons. The summed E-state index contributed by atoms with van der Waals surface area (Å²) in [7, 11) is 1.66. The highest BCUT2D eigenvalue weighted by Crippen LogP contribution is 2.61. The van der Waals surface area contributed by atoms with Gasteiger partial charge in [0.2, 0.25) is 0 Å². The smallest absolute Gasteiger partial charge is 0.327 e. The van der Waals surface area contributed by atoms with Crippen molar-refractivity contribution in [2.75, 3.05) is 58.9 Å². The maximum Gasteiger partial charge on any atom is 0.327 e. The number of imide groups is 1. The Labute approximate surface area is 232 Å². The summed E-state index contributed by atoms with van der Waals surface area (Å²) in [6, 6.07) is 0.466. The lowest BCUT2D eigenvalue weighted by molar-refractivity contribution is -0.153. The van der Waals surface area contributed by atoms with Crippen LogP contribution in [0.25, 0.3) is 0 Å². The maximum absolute atomic E-state index is 13.3. The minimum atomic E-state index is -0.598. The Morgan fingerprint density at radius 1 is 1.03 bits per heavy atom. The average Bonchev–Trinajstić information content (AvgIpc) is 3.44. The molecule has 6 fully saturated rings. The maximum atomic E-state index is 13.3. The molecule has 0 aromatic heterocycles. The number of urea groups is 1. The minimum Gasteiger partial charge on any atom is -0.393 e. The van der Waals surface area contributed by atoms with Crippen LogP contribution in [0.1, 0.15) is 71.1 Å². The van der Waals surface area contributed by atoms with Gasteiger partial charge in [-0.1, -0.05) is 19.8 Å². The van der Waals surface area contributed by atoms with Crippen LogP contribution in [0.4, 0.5) is 4.79 Å². The van der Waals surface area contributed by atoms with E-state index in [0.29, 0.717) is 31.7 Å². The van der Waals surface area contributed by atoms with Gasteiger partial charge in [0.1, 0.15) is 5.54 Å². The lowest BCUT2D eigenvalue weighted by Crippen LogP contribution is -2.65. The standard InChI is InChI=1S/C29H47N5O3S/c1-3-38-25(30)23-14-32(12-21-6-4-5-7-21)20-33(15-23)24-8-10-28(11-9-24)18-29(19-28)26(35)31(2)27(36)34(29)13-22-16-37-17-22/h21-22,24H,3-20,30H2,1-2H3/b25-23+. The van der Waals surface area contributed by atoms with Crippen LogP contribution in [-0.2, 0) is 9.53 Å². The van der Waals surface area contributed by atoms with Crippen molar-refractivity contribution in [3.8, 4) is 0 Å². The minimum absolute atomic E-state index is 0.0211. The van der Waals surface area contributed by atoms with Crippen molar-refractivity contribution in [3.63, 3.8) is 0 Å². The molecule has 3 saturated carbocycles. The first-order valence-corrected chi connectivity index (χ1v) is 16.1. The molecule has 0 bridgehead atoms. The third-order valence-electron chi connectivity index (χ3n) is 10.6. The van der Waals surface area contributed by atoms with Crippen molar-refractivity contribution in [3.05, 3.63) is 10.6 Å². The van der Waals surface area contributed by atoms with Crippen LogP contribution in [0, 0.1) is 17.3 Å². The molecule has 0 aromatic carbocycles. The van der Waals surface area contributed by atoms with Crippen LogP contribution in [0.15, 0.2) is 10.6 Å². The van der Waals surface area contributed by atoms with E-state index in [0.717, 1.165) is 62.1 Å². The van der Waals surface area contributed by atoms with Gasteiger partial charge in [0.15, 0.2) is 0 Å². The quantitative estimate of drug-likeness (QED) is 0.489. The molecule has 3 aliphatic heterocycles. The molecule has 0 atom stereocenters. The predicted molar refractivity (Wildman–Crippen MR) is 150 cm³/mol. The summed E-state index contributed by atoms with van der Waals surface area (Å²) in [6.07, 6.45) is 11.9. The highest BCUT2D eigenvalue weighted by Gasteiger charge is 2.68. The second kappa shape index (κ2) is 10.6. The number of nitrogens with two attached hydrogens (primary N) is 1. The first kappa shape index (κ1) is 26.9. The third kappa shape index (κ3) is 4.79. The zero-order valence-electron chi connectivity index (χ0n) is 23.5. The largest absolute Gasteiger partial charge is 0.393 e. The van der Waals surface area contributed by atoms with Gasteiger partial charge in [0.05, 0.1) is 24.9 Å². The molecule has 3 amide bonds. The van der Waals surface area contributed by atoms with Crippen LogP contribution < -0.4 is 5.73 Å². The molecule has 6 aliphatic rings. The molecule has 3 heterocycles. The van der Waals surface area contributed by atoms with Gasteiger partial charge >= 0.3 is 6.03 Å². The van der Waals surface area contributed by atoms with Gasteiger partial charge in [0, 0.05) is 45.2 Å². The summed E-state index contributed by atoms with van der Waals surface area (Å²) in [5, 5.41) is 1.03. The zero-order valence-corrected chi connectivity index (χ0v) is 24.3. The first-order chi connectivity index (χ1) is 18.3. The zero-order chi connectivity index (χ0) is 26.5. The van der Waals surface area contributed by atoms with Crippen molar-refractivity contribution in [1.82, 2.24) is 19.6 Å². The van der Waals surface area contributed by atoms with Crippen molar-refractivity contribution in [2.24, 2.45) is 23.0 Å². The molecule has 2 spiro atoms. The second-order valence-corrected chi connectivity index (χ2v) is 14.5. The fourth-order valence-electron chi connectivity index (χ4n) is 8.50. The van der Waals surface area contributed by atoms with Crippen LogP contribution in [0.5, 0.6) is 0 Å². The molecule has 0 aromatic rings. The Morgan fingerprint density at radius 2 is 1.74 bits per heavy atom. The van der Waals surface area contributed by atoms with E-state index in [1.54, 1.807) is 18.8 Å². The molecule has 3 saturated heterocycles. The molecule has 0 unspecified atom stereocenters. The summed E-state index contributed by atoms with van der Waals surface area (Å²) >= 11 is 1.79. The predicted octanol–water partition coefficient (Wildman–Crippen LogP) is 3.68. The molecular formula is C29H47N5O3S. The Hall–Kier alpha value is -1.29. The fourth-order valence-corrected chi connectivity index (χ4v) is 9.15.